The summed E-state index contributed by atoms with van der Waals surface area (Å²) < 4.78 is 13.0. The molecule has 2 aliphatic rings. The molecule has 1 saturated heterocycles. The Bertz CT molecular complexity index is 906. The molecular formula is C24H27ClO4. The monoisotopic (exact) mass is 414 g/mol. The predicted octanol–water partition coefficient (Wildman–Crippen LogP) is 5.78. The fourth-order valence-electron chi connectivity index (χ4n) is 4.74. The van der Waals surface area contributed by atoms with Crippen LogP contribution in [0.4, 0.5) is 0 Å². The minimum atomic E-state index is -0.786. The summed E-state index contributed by atoms with van der Waals surface area (Å²) in [6.45, 7) is 6.39. The van der Waals surface area contributed by atoms with Crippen LogP contribution in [0.3, 0.4) is 0 Å². The van der Waals surface area contributed by atoms with Crippen molar-refractivity contribution in [1.29, 1.82) is 0 Å². The SMILES string of the molecule is C[C@H]1O[C@@H]2c3cc(CCC(=O)O)ccc3OC(C)(C)[C@H]2C[C@@H]1c1ccc(Cl)cc1. The Labute approximate surface area is 176 Å². The van der Waals surface area contributed by atoms with Gasteiger partial charge in [0.1, 0.15) is 11.4 Å². The lowest BCUT2D eigenvalue weighted by Gasteiger charge is -2.50. The number of benzene rings is 2. The van der Waals surface area contributed by atoms with Gasteiger partial charge in [0.2, 0.25) is 0 Å². The van der Waals surface area contributed by atoms with Gasteiger partial charge >= 0.3 is 5.97 Å². The van der Waals surface area contributed by atoms with E-state index in [0.717, 1.165) is 28.3 Å². The third-order valence-corrected chi connectivity index (χ3v) is 6.63. The molecule has 1 N–H and O–H groups in total. The third kappa shape index (κ3) is 4.01. The molecule has 0 bridgehead atoms. The van der Waals surface area contributed by atoms with Crippen LogP contribution in [0.25, 0.3) is 0 Å². The van der Waals surface area contributed by atoms with Gasteiger partial charge in [-0.05, 0) is 69.0 Å². The van der Waals surface area contributed by atoms with Gasteiger partial charge in [-0.25, -0.2) is 0 Å². The Hall–Kier alpha value is -2.04. The number of ether oxygens (including phenoxy) is 2. The number of carbonyl (C=O) groups is 1. The molecule has 4 rings (SSSR count). The Morgan fingerprint density at radius 2 is 1.93 bits per heavy atom. The van der Waals surface area contributed by atoms with Crippen LogP contribution in [-0.4, -0.2) is 22.8 Å². The molecule has 29 heavy (non-hydrogen) atoms. The quantitative estimate of drug-likeness (QED) is 0.689. The molecule has 154 valence electrons. The summed E-state index contributed by atoms with van der Waals surface area (Å²) in [6.07, 6.45) is 1.58. The normalized spacial score (nSPS) is 27.4. The van der Waals surface area contributed by atoms with E-state index in [2.05, 4.69) is 39.0 Å². The molecule has 2 aromatic rings. The highest BCUT2D eigenvalue weighted by Gasteiger charge is 2.49. The van der Waals surface area contributed by atoms with E-state index in [1.165, 1.54) is 5.56 Å². The van der Waals surface area contributed by atoms with E-state index in [1.54, 1.807) is 0 Å². The molecule has 4 atom stereocenters. The van der Waals surface area contributed by atoms with Gasteiger partial charge in [-0.2, -0.15) is 0 Å². The lowest BCUT2D eigenvalue weighted by atomic mass is 9.70. The Kier molecular flexibility index (Phi) is 5.34. The van der Waals surface area contributed by atoms with Gasteiger partial charge in [0, 0.05) is 28.8 Å². The first-order valence-corrected chi connectivity index (χ1v) is 10.6. The Morgan fingerprint density at radius 3 is 2.62 bits per heavy atom. The van der Waals surface area contributed by atoms with E-state index < -0.39 is 5.97 Å². The van der Waals surface area contributed by atoms with E-state index in [0.29, 0.717) is 6.42 Å². The molecule has 0 unspecified atom stereocenters. The number of halogens is 1. The molecule has 5 heteroatoms. The fourth-order valence-corrected chi connectivity index (χ4v) is 4.87. The van der Waals surface area contributed by atoms with Gasteiger partial charge in [0.25, 0.3) is 0 Å². The van der Waals surface area contributed by atoms with Crippen LogP contribution in [0.15, 0.2) is 42.5 Å². The fraction of sp³-hybridized carbons (Fsp3) is 0.458. The summed E-state index contributed by atoms with van der Waals surface area (Å²) in [7, 11) is 0. The van der Waals surface area contributed by atoms with E-state index in [4.69, 9.17) is 26.2 Å². The molecule has 2 aromatic carbocycles. The van der Waals surface area contributed by atoms with E-state index in [-0.39, 0.29) is 36.1 Å². The van der Waals surface area contributed by atoms with Crippen molar-refractivity contribution in [3.8, 4) is 5.75 Å². The highest BCUT2D eigenvalue weighted by molar-refractivity contribution is 6.30. The molecule has 4 nitrogen and oxygen atoms in total. The summed E-state index contributed by atoms with van der Waals surface area (Å²) >= 11 is 6.07. The summed E-state index contributed by atoms with van der Waals surface area (Å²) in [5.74, 6) is 0.522. The molecule has 1 fully saturated rings. The maximum Gasteiger partial charge on any atom is 0.303 e. The lowest BCUT2D eigenvalue weighted by Crippen LogP contribution is -2.50. The molecule has 0 radical (unpaired) electrons. The van der Waals surface area contributed by atoms with Crippen LogP contribution in [0.5, 0.6) is 5.75 Å². The van der Waals surface area contributed by atoms with Crippen LogP contribution >= 0.6 is 11.6 Å². The second-order valence-corrected chi connectivity index (χ2v) is 9.17. The predicted molar refractivity (Wildman–Crippen MR) is 113 cm³/mol. The second-order valence-electron chi connectivity index (χ2n) is 8.73. The summed E-state index contributed by atoms with van der Waals surface area (Å²) in [5, 5.41) is 9.74. The average molecular weight is 415 g/mol. The van der Waals surface area contributed by atoms with Gasteiger partial charge in [-0.1, -0.05) is 29.8 Å². The van der Waals surface area contributed by atoms with Gasteiger partial charge < -0.3 is 14.6 Å². The zero-order valence-electron chi connectivity index (χ0n) is 17.0. The van der Waals surface area contributed by atoms with Gasteiger partial charge in [-0.3, -0.25) is 4.79 Å². The van der Waals surface area contributed by atoms with Crippen molar-refractivity contribution in [2.24, 2.45) is 5.92 Å². The third-order valence-electron chi connectivity index (χ3n) is 6.37. The molecular weight excluding hydrogens is 388 g/mol. The van der Waals surface area contributed by atoms with Crippen LogP contribution < -0.4 is 4.74 Å². The number of rotatable bonds is 4. The molecule has 0 spiro atoms. The van der Waals surface area contributed by atoms with Gasteiger partial charge in [-0.15, -0.1) is 0 Å². The second kappa shape index (κ2) is 7.66. The zero-order chi connectivity index (χ0) is 20.8. The Morgan fingerprint density at radius 1 is 1.21 bits per heavy atom. The largest absolute Gasteiger partial charge is 0.487 e. The van der Waals surface area contributed by atoms with Crippen molar-refractivity contribution >= 4 is 17.6 Å². The standard InChI is InChI=1S/C24H27ClO4/c1-14-18(16-6-8-17(25)9-7-16)13-20-23(28-14)19-12-15(5-11-22(26)27)4-10-21(19)29-24(20,2)3/h4,6-10,12,14,18,20,23H,5,11,13H2,1-3H3,(H,26,27)/t14-,18+,20+,23-/m1/s1. The summed E-state index contributed by atoms with van der Waals surface area (Å²) in [4.78, 5) is 11.0. The first kappa shape index (κ1) is 20.2. The summed E-state index contributed by atoms with van der Waals surface area (Å²) in [6, 6.07) is 14.0. The average Bonchev–Trinajstić information content (AvgIpc) is 2.67. The van der Waals surface area contributed by atoms with Crippen LogP contribution in [0.1, 0.15) is 62.3 Å². The van der Waals surface area contributed by atoms with E-state index in [9.17, 15) is 4.79 Å². The van der Waals surface area contributed by atoms with Gasteiger partial charge in [0.05, 0.1) is 12.2 Å². The molecule has 2 aliphatic heterocycles. The first-order valence-electron chi connectivity index (χ1n) is 10.2. The highest BCUT2D eigenvalue weighted by atomic mass is 35.5. The highest BCUT2D eigenvalue weighted by Crippen LogP contribution is 2.53. The minimum Gasteiger partial charge on any atom is -0.487 e. The van der Waals surface area contributed by atoms with E-state index >= 15 is 0 Å². The van der Waals surface area contributed by atoms with Crippen molar-refractivity contribution in [2.75, 3.05) is 0 Å². The number of carboxylic acids is 1. The van der Waals surface area contributed by atoms with Gasteiger partial charge in [0.15, 0.2) is 0 Å². The van der Waals surface area contributed by atoms with Crippen molar-refractivity contribution < 1.29 is 19.4 Å². The number of aryl methyl sites for hydroxylation is 1. The summed E-state index contributed by atoms with van der Waals surface area (Å²) in [5.41, 5.74) is 2.92. The maximum atomic E-state index is 11.0. The Balaban J connectivity index is 1.65. The first-order chi connectivity index (χ1) is 13.7. The lowest BCUT2D eigenvalue weighted by molar-refractivity contribution is -0.153. The van der Waals surface area contributed by atoms with E-state index in [1.807, 2.05) is 24.3 Å². The number of aliphatic carboxylic acids is 1. The van der Waals surface area contributed by atoms with Crippen molar-refractivity contribution in [1.82, 2.24) is 0 Å². The van der Waals surface area contributed by atoms with Crippen LogP contribution in [0, 0.1) is 5.92 Å². The number of fused-ring (bicyclic) bond motifs is 3. The van der Waals surface area contributed by atoms with Crippen LogP contribution in [-0.2, 0) is 16.0 Å². The smallest absolute Gasteiger partial charge is 0.303 e. The zero-order valence-corrected chi connectivity index (χ0v) is 17.8. The molecule has 0 aromatic heterocycles. The molecule has 2 heterocycles. The van der Waals surface area contributed by atoms with Crippen molar-refractivity contribution in [2.45, 2.75) is 63.8 Å². The van der Waals surface area contributed by atoms with Crippen molar-refractivity contribution in [3.05, 3.63) is 64.2 Å². The number of hydrogen-bond acceptors (Lipinski definition) is 3. The van der Waals surface area contributed by atoms with Crippen molar-refractivity contribution in [3.63, 3.8) is 0 Å². The number of carboxylic acid groups (broad SMARTS) is 1. The van der Waals surface area contributed by atoms with Crippen LogP contribution in [0.2, 0.25) is 5.02 Å². The molecule has 0 amide bonds. The molecule has 0 aliphatic carbocycles. The topological polar surface area (TPSA) is 55.8 Å². The maximum absolute atomic E-state index is 11.0. The number of hydrogen-bond donors (Lipinski definition) is 1. The minimum absolute atomic E-state index is 0.0573. The molecule has 0 saturated carbocycles.